The van der Waals surface area contributed by atoms with Crippen molar-refractivity contribution in [1.29, 1.82) is 0 Å². The Kier molecular flexibility index (Phi) is 7.74. The lowest BCUT2D eigenvalue weighted by Gasteiger charge is -2.27. The maximum Gasteiger partial charge on any atom is 0.252 e. The molecule has 0 aliphatic carbocycles. The summed E-state index contributed by atoms with van der Waals surface area (Å²) >= 11 is 11.3. The van der Waals surface area contributed by atoms with Crippen LogP contribution in [0.5, 0.6) is 0 Å². The zero-order chi connectivity index (χ0) is 21.6. The monoisotopic (exact) mass is 519 g/mol. The Morgan fingerprint density at radius 1 is 1.26 bits per heavy atom. The first-order valence-corrected chi connectivity index (χ1v) is 12.2. The molecule has 0 atom stereocenters. The third-order valence-corrected chi connectivity index (χ3v) is 6.99. The van der Waals surface area contributed by atoms with Crippen molar-refractivity contribution >= 4 is 66.2 Å². The Hall–Kier alpha value is -1.77. The molecule has 0 unspecified atom stereocenters. The fourth-order valence-corrected chi connectivity index (χ4v) is 5.19. The largest absolute Gasteiger partial charge is 0.379 e. The van der Waals surface area contributed by atoms with Crippen LogP contribution in [0.15, 0.2) is 53.0 Å². The minimum Gasteiger partial charge on any atom is -0.379 e. The second-order valence-electron chi connectivity index (χ2n) is 7.26. The van der Waals surface area contributed by atoms with E-state index in [2.05, 4.69) is 20.8 Å². The Morgan fingerprint density at radius 2 is 2.06 bits per heavy atom. The molecule has 0 bridgehead atoms. The van der Waals surface area contributed by atoms with Gasteiger partial charge in [0.05, 0.1) is 23.4 Å². The SMILES string of the molecule is O=C(/C=C/c1ccccc1Cl)N(CCCN1CCOCC1)c1nc2ccc(Br)cc2s1. The number of morpholine rings is 1. The van der Waals surface area contributed by atoms with E-state index < -0.39 is 0 Å². The van der Waals surface area contributed by atoms with E-state index in [1.165, 1.54) is 11.3 Å². The van der Waals surface area contributed by atoms with E-state index in [0.29, 0.717) is 16.7 Å². The normalized spacial score (nSPS) is 15.0. The summed E-state index contributed by atoms with van der Waals surface area (Å²) in [6.07, 6.45) is 4.22. The first-order valence-electron chi connectivity index (χ1n) is 10.2. The molecule has 4 rings (SSSR count). The first kappa shape index (κ1) is 22.4. The van der Waals surface area contributed by atoms with Crippen molar-refractivity contribution in [2.24, 2.45) is 0 Å². The summed E-state index contributed by atoms with van der Waals surface area (Å²) in [5.74, 6) is -0.0972. The topological polar surface area (TPSA) is 45.7 Å². The molecule has 0 saturated carbocycles. The number of ether oxygens (including phenoxy) is 1. The number of halogens is 2. The molecule has 31 heavy (non-hydrogen) atoms. The molecule has 1 aliphatic heterocycles. The van der Waals surface area contributed by atoms with Gasteiger partial charge < -0.3 is 4.74 Å². The molecule has 1 fully saturated rings. The Morgan fingerprint density at radius 3 is 2.87 bits per heavy atom. The number of amides is 1. The average molecular weight is 521 g/mol. The van der Waals surface area contributed by atoms with Gasteiger partial charge in [0.25, 0.3) is 5.91 Å². The summed E-state index contributed by atoms with van der Waals surface area (Å²) < 4.78 is 7.47. The maximum atomic E-state index is 13.2. The number of benzene rings is 2. The molecule has 1 amide bonds. The van der Waals surface area contributed by atoms with E-state index in [0.717, 1.165) is 59.5 Å². The van der Waals surface area contributed by atoms with Gasteiger partial charge in [-0.05, 0) is 42.3 Å². The van der Waals surface area contributed by atoms with Gasteiger partial charge in [-0.15, -0.1) is 0 Å². The number of hydrogen-bond acceptors (Lipinski definition) is 5. The van der Waals surface area contributed by atoms with Crippen LogP contribution in [0, 0.1) is 0 Å². The van der Waals surface area contributed by atoms with Crippen LogP contribution in [0.2, 0.25) is 5.02 Å². The van der Waals surface area contributed by atoms with Gasteiger partial charge in [0.2, 0.25) is 0 Å². The molecular formula is C23H23BrClN3O2S. The average Bonchev–Trinajstić information content (AvgIpc) is 3.19. The number of thiazole rings is 1. The second kappa shape index (κ2) is 10.7. The fourth-order valence-electron chi connectivity index (χ4n) is 3.44. The van der Waals surface area contributed by atoms with Crippen molar-refractivity contribution in [1.82, 2.24) is 9.88 Å². The molecule has 3 aromatic rings. The van der Waals surface area contributed by atoms with Gasteiger partial charge in [0, 0.05) is 41.8 Å². The fraction of sp³-hybridized carbons (Fsp3) is 0.304. The molecule has 0 radical (unpaired) electrons. The van der Waals surface area contributed by atoms with Crippen LogP contribution in [0.3, 0.4) is 0 Å². The highest BCUT2D eigenvalue weighted by molar-refractivity contribution is 9.10. The number of hydrogen-bond donors (Lipinski definition) is 0. The van der Waals surface area contributed by atoms with Gasteiger partial charge in [0.1, 0.15) is 0 Å². The number of carbonyl (C=O) groups excluding carboxylic acids is 1. The lowest BCUT2D eigenvalue weighted by Crippen LogP contribution is -2.39. The van der Waals surface area contributed by atoms with Gasteiger partial charge in [0.15, 0.2) is 5.13 Å². The molecule has 1 saturated heterocycles. The molecule has 5 nitrogen and oxygen atoms in total. The van der Waals surface area contributed by atoms with Crippen molar-refractivity contribution < 1.29 is 9.53 Å². The lowest BCUT2D eigenvalue weighted by atomic mass is 10.2. The molecule has 0 spiro atoms. The summed E-state index contributed by atoms with van der Waals surface area (Å²) in [5, 5.41) is 1.33. The molecule has 0 N–H and O–H groups in total. The number of aromatic nitrogens is 1. The molecule has 2 aromatic carbocycles. The van der Waals surface area contributed by atoms with Gasteiger partial charge in [-0.25, -0.2) is 4.98 Å². The maximum absolute atomic E-state index is 13.2. The third-order valence-electron chi connectivity index (χ3n) is 5.11. The van der Waals surface area contributed by atoms with Crippen LogP contribution in [0.25, 0.3) is 16.3 Å². The van der Waals surface area contributed by atoms with Gasteiger partial charge in [-0.1, -0.05) is 57.1 Å². The van der Waals surface area contributed by atoms with Crippen LogP contribution in [0.1, 0.15) is 12.0 Å². The summed E-state index contributed by atoms with van der Waals surface area (Å²) in [6, 6.07) is 13.5. The number of fused-ring (bicyclic) bond motifs is 1. The van der Waals surface area contributed by atoms with Crippen molar-refractivity contribution in [3.05, 3.63) is 63.6 Å². The van der Waals surface area contributed by atoms with Crippen LogP contribution in [-0.4, -0.2) is 55.2 Å². The smallest absolute Gasteiger partial charge is 0.252 e. The van der Waals surface area contributed by atoms with Crippen LogP contribution < -0.4 is 4.90 Å². The molecular weight excluding hydrogens is 498 g/mol. The van der Waals surface area contributed by atoms with Crippen molar-refractivity contribution in [3.8, 4) is 0 Å². The Balaban J connectivity index is 1.53. The molecule has 1 aliphatic rings. The van der Waals surface area contributed by atoms with Crippen molar-refractivity contribution in [3.63, 3.8) is 0 Å². The third kappa shape index (κ3) is 5.93. The summed E-state index contributed by atoms with van der Waals surface area (Å²) in [6.45, 7) is 4.96. The summed E-state index contributed by atoms with van der Waals surface area (Å²) in [7, 11) is 0. The van der Waals surface area contributed by atoms with Crippen LogP contribution in [0.4, 0.5) is 5.13 Å². The van der Waals surface area contributed by atoms with Crippen LogP contribution >= 0.6 is 38.9 Å². The Bertz CT molecular complexity index is 1080. The lowest BCUT2D eigenvalue weighted by molar-refractivity contribution is -0.114. The second-order valence-corrected chi connectivity index (χ2v) is 9.59. The van der Waals surface area contributed by atoms with E-state index in [-0.39, 0.29) is 5.91 Å². The van der Waals surface area contributed by atoms with Crippen LogP contribution in [-0.2, 0) is 9.53 Å². The summed E-state index contributed by atoms with van der Waals surface area (Å²) in [4.78, 5) is 22.0. The van der Waals surface area contributed by atoms with E-state index in [4.69, 9.17) is 21.3 Å². The number of anilines is 1. The molecule has 1 aromatic heterocycles. The van der Waals surface area contributed by atoms with Crippen molar-refractivity contribution in [2.75, 3.05) is 44.3 Å². The number of rotatable bonds is 7. The van der Waals surface area contributed by atoms with Crippen molar-refractivity contribution in [2.45, 2.75) is 6.42 Å². The molecule has 8 heteroatoms. The van der Waals surface area contributed by atoms with E-state index in [9.17, 15) is 4.79 Å². The van der Waals surface area contributed by atoms with Gasteiger partial charge in [-0.2, -0.15) is 0 Å². The minimum absolute atomic E-state index is 0.0972. The zero-order valence-corrected chi connectivity index (χ0v) is 20.1. The number of nitrogens with zero attached hydrogens (tertiary/aromatic N) is 3. The molecule has 2 heterocycles. The highest BCUT2D eigenvalue weighted by atomic mass is 79.9. The van der Waals surface area contributed by atoms with E-state index >= 15 is 0 Å². The first-order chi connectivity index (χ1) is 15.1. The highest BCUT2D eigenvalue weighted by Crippen LogP contribution is 2.31. The van der Waals surface area contributed by atoms with Gasteiger partial charge >= 0.3 is 0 Å². The van der Waals surface area contributed by atoms with E-state index in [1.807, 2.05) is 42.5 Å². The predicted octanol–water partition coefficient (Wildman–Crippen LogP) is 5.48. The zero-order valence-electron chi connectivity index (χ0n) is 17.0. The van der Waals surface area contributed by atoms with Gasteiger partial charge in [-0.3, -0.25) is 14.6 Å². The number of carbonyl (C=O) groups is 1. The quantitative estimate of drug-likeness (QED) is 0.387. The summed E-state index contributed by atoms with van der Waals surface area (Å²) in [5.41, 5.74) is 1.71. The minimum atomic E-state index is -0.0972. The van der Waals surface area contributed by atoms with E-state index in [1.54, 1.807) is 17.1 Å². The standard InChI is InChI=1S/C23H23BrClN3O2S/c24-18-7-8-20-21(16-18)31-23(26-20)28(11-3-10-27-12-14-30-15-13-27)22(29)9-6-17-4-1-2-5-19(17)25/h1-2,4-9,16H,3,10-15H2/b9-6+. The Labute approximate surface area is 199 Å². The predicted molar refractivity (Wildman–Crippen MR) is 132 cm³/mol. The molecule has 162 valence electrons. The highest BCUT2D eigenvalue weighted by Gasteiger charge is 2.19.